The summed E-state index contributed by atoms with van der Waals surface area (Å²) in [6.45, 7) is 0.639. The highest BCUT2D eigenvalue weighted by Crippen LogP contribution is 2.22. The van der Waals surface area contributed by atoms with E-state index in [0.717, 1.165) is 28.3 Å². The van der Waals surface area contributed by atoms with Crippen molar-refractivity contribution in [2.24, 2.45) is 12.8 Å². The summed E-state index contributed by atoms with van der Waals surface area (Å²) in [4.78, 5) is 4.59. The van der Waals surface area contributed by atoms with E-state index in [1.165, 1.54) is 5.69 Å². The molecule has 0 spiro atoms. The fourth-order valence-electron chi connectivity index (χ4n) is 2.16. The Labute approximate surface area is 104 Å². The Morgan fingerprint density at radius 3 is 3.00 bits per heavy atom. The molecule has 3 aromatic rings. The van der Waals surface area contributed by atoms with Crippen molar-refractivity contribution in [3.8, 4) is 0 Å². The summed E-state index contributed by atoms with van der Waals surface area (Å²) in [6, 6.07) is 5.73. The second-order valence-electron chi connectivity index (χ2n) is 4.13. The first-order valence-electron chi connectivity index (χ1n) is 5.52. The average molecular weight is 249 g/mol. The Bertz CT molecular complexity index is 695. The molecule has 2 N–H and O–H groups in total. The molecule has 5 heteroatoms. The van der Waals surface area contributed by atoms with Crippen LogP contribution in [-0.2, 0) is 13.5 Å². The summed E-state index contributed by atoms with van der Waals surface area (Å²) >= 11 is 6.02. The smallest absolute Gasteiger partial charge is 0.214 e. The van der Waals surface area contributed by atoms with Crippen LogP contribution in [0.15, 0.2) is 24.4 Å². The molecule has 0 aliphatic rings. The van der Waals surface area contributed by atoms with Crippen molar-refractivity contribution in [1.29, 1.82) is 0 Å². The van der Waals surface area contributed by atoms with Crippen LogP contribution in [0.3, 0.4) is 0 Å². The molecule has 2 heterocycles. The number of rotatable bonds is 2. The van der Waals surface area contributed by atoms with E-state index in [1.807, 2.05) is 25.2 Å². The summed E-state index contributed by atoms with van der Waals surface area (Å²) in [6.07, 6.45) is 2.93. The van der Waals surface area contributed by atoms with Crippen LogP contribution in [0.25, 0.3) is 16.8 Å². The summed E-state index contributed by atoms with van der Waals surface area (Å²) in [5.41, 5.74) is 8.76. The number of imidazole rings is 2. The SMILES string of the molecule is Cn1c(CCN)cn2c3cc(Cl)ccc3nc12. The normalized spacial score (nSPS) is 11.7. The van der Waals surface area contributed by atoms with Crippen molar-refractivity contribution in [2.45, 2.75) is 6.42 Å². The molecule has 88 valence electrons. The summed E-state index contributed by atoms with van der Waals surface area (Å²) in [5.74, 6) is 0.922. The molecule has 0 saturated carbocycles. The van der Waals surface area contributed by atoms with E-state index in [-0.39, 0.29) is 0 Å². The first-order valence-corrected chi connectivity index (χ1v) is 5.90. The van der Waals surface area contributed by atoms with Gasteiger partial charge in [0.25, 0.3) is 0 Å². The Kier molecular flexibility index (Phi) is 2.34. The van der Waals surface area contributed by atoms with Gasteiger partial charge in [0.1, 0.15) is 0 Å². The second-order valence-corrected chi connectivity index (χ2v) is 4.57. The van der Waals surface area contributed by atoms with Gasteiger partial charge in [0.2, 0.25) is 5.78 Å². The average Bonchev–Trinajstić information content (AvgIpc) is 2.79. The van der Waals surface area contributed by atoms with Crippen LogP contribution in [0.1, 0.15) is 5.69 Å². The lowest BCUT2D eigenvalue weighted by Crippen LogP contribution is -2.06. The van der Waals surface area contributed by atoms with Gasteiger partial charge in [-0.1, -0.05) is 11.6 Å². The number of nitrogens with zero attached hydrogens (tertiary/aromatic N) is 3. The van der Waals surface area contributed by atoms with Crippen molar-refractivity contribution in [2.75, 3.05) is 6.54 Å². The van der Waals surface area contributed by atoms with E-state index >= 15 is 0 Å². The number of hydrogen-bond acceptors (Lipinski definition) is 2. The Balaban J connectivity index is 2.34. The lowest BCUT2D eigenvalue weighted by atomic mass is 10.3. The quantitative estimate of drug-likeness (QED) is 0.754. The van der Waals surface area contributed by atoms with Gasteiger partial charge in [0.15, 0.2) is 0 Å². The molecule has 1 aromatic carbocycles. The predicted octanol–water partition coefficient (Wildman–Crippen LogP) is 1.98. The minimum absolute atomic E-state index is 0.639. The van der Waals surface area contributed by atoms with E-state index in [4.69, 9.17) is 17.3 Å². The van der Waals surface area contributed by atoms with E-state index < -0.39 is 0 Å². The number of halogens is 1. The second kappa shape index (κ2) is 3.75. The van der Waals surface area contributed by atoms with Gasteiger partial charge in [-0.25, -0.2) is 4.98 Å². The number of hydrogen-bond donors (Lipinski definition) is 1. The molecule has 2 aromatic heterocycles. The molecule has 0 aliphatic heterocycles. The van der Waals surface area contributed by atoms with Crippen molar-refractivity contribution in [3.05, 3.63) is 35.1 Å². The van der Waals surface area contributed by atoms with Crippen LogP contribution in [0, 0.1) is 0 Å². The largest absolute Gasteiger partial charge is 0.330 e. The first-order chi connectivity index (χ1) is 8.20. The number of benzene rings is 1. The van der Waals surface area contributed by atoms with Crippen molar-refractivity contribution in [1.82, 2.24) is 14.0 Å². The fourth-order valence-corrected chi connectivity index (χ4v) is 2.33. The van der Waals surface area contributed by atoms with Gasteiger partial charge < -0.3 is 10.3 Å². The van der Waals surface area contributed by atoms with E-state index in [0.29, 0.717) is 6.54 Å². The molecule has 0 saturated heterocycles. The van der Waals surface area contributed by atoms with Gasteiger partial charge >= 0.3 is 0 Å². The Morgan fingerprint density at radius 1 is 1.41 bits per heavy atom. The maximum absolute atomic E-state index is 6.02. The zero-order valence-electron chi connectivity index (χ0n) is 9.52. The van der Waals surface area contributed by atoms with E-state index in [9.17, 15) is 0 Å². The van der Waals surface area contributed by atoms with Crippen LogP contribution < -0.4 is 5.73 Å². The van der Waals surface area contributed by atoms with Gasteiger partial charge in [0, 0.05) is 30.4 Å². The number of aromatic nitrogens is 3. The molecule has 0 fully saturated rings. The predicted molar refractivity (Wildman–Crippen MR) is 69.4 cm³/mol. The van der Waals surface area contributed by atoms with Gasteiger partial charge in [-0.05, 0) is 24.7 Å². The number of fused-ring (bicyclic) bond motifs is 3. The standard InChI is InChI=1S/C12H13ClN4/c1-16-9(4-5-14)7-17-11-6-8(13)2-3-10(11)15-12(16)17/h2-3,6-7H,4-5,14H2,1H3. The van der Waals surface area contributed by atoms with Gasteiger partial charge in [-0.2, -0.15) is 0 Å². The number of aryl methyl sites for hydroxylation is 1. The van der Waals surface area contributed by atoms with Crippen molar-refractivity contribution >= 4 is 28.4 Å². The molecule has 0 unspecified atom stereocenters. The minimum atomic E-state index is 0.639. The third-order valence-electron chi connectivity index (χ3n) is 3.04. The minimum Gasteiger partial charge on any atom is -0.330 e. The topological polar surface area (TPSA) is 48.2 Å². The van der Waals surface area contributed by atoms with Crippen molar-refractivity contribution < 1.29 is 0 Å². The highest BCUT2D eigenvalue weighted by molar-refractivity contribution is 6.31. The van der Waals surface area contributed by atoms with Crippen LogP contribution >= 0.6 is 11.6 Å². The summed E-state index contributed by atoms with van der Waals surface area (Å²) < 4.78 is 4.13. The Hall–Kier alpha value is -1.52. The molecule has 3 rings (SSSR count). The molecule has 17 heavy (non-hydrogen) atoms. The van der Waals surface area contributed by atoms with E-state index in [2.05, 4.69) is 20.1 Å². The summed E-state index contributed by atoms with van der Waals surface area (Å²) in [5, 5.41) is 0.725. The van der Waals surface area contributed by atoms with Crippen LogP contribution in [-0.4, -0.2) is 20.5 Å². The molecule has 0 amide bonds. The highest BCUT2D eigenvalue weighted by atomic mass is 35.5. The monoisotopic (exact) mass is 248 g/mol. The van der Waals surface area contributed by atoms with E-state index in [1.54, 1.807) is 0 Å². The van der Waals surface area contributed by atoms with Crippen LogP contribution in [0.5, 0.6) is 0 Å². The third-order valence-corrected chi connectivity index (χ3v) is 3.28. The van der Waals surface area contributed by atoms with Crippen LogP contribution in [0.2, 0.25) is 5.02 Å². The first kappa shape index (κ1) is 10.6. The summed E-state index contributed by atoms with van der Waals surface area (Å²) in [7, 11) is 2.01. The molecular formula is C12H13ClN4. The van der Waals surface area contributed by atoms with Crippen LogP contribution in [0.4, 0.5) is 0 Å². The van der Waals surface area contributed by atoms with Gasteiger partial charge in [-0.3, -0.25) is 4.40 Å². The Morgan fingerprint density at radius 2 is 2.24 bits per heavy atom. The van der Waals surface area contributed by atoms with Gasteiger partial charge in [-0.15, -0.1) is 0 Å². The maximum Gasteiger partial charge on any atom is 0.214 e. The molecular weight excluding hydrogens is 236 g/mol. The zero-order chi connectivity index (χ0) is 12.0. The molecule has 0 bridgehead atoms. The molecule has 4 nitrogen and oxygen atoms in total. The third kappa shape index (κ3) is 1.52. The fraction of sp³-hybridized carbons (Fsp3) is 0.250. The number of nitrogens with two attached hydrogens (primary N) is 1. The molecule has 0 radical (unpaired) electrons. The lowest BCUT2D eigenvalue weighted by Gasteiger charge is -1.98. The maximum atomic E-state index is 6.02. The zero-order valence-corrected chi connectivity index (χ0v) is 10.3. The van der Waals surface area contributed by atoms with Gasteiger partial charge in [0.05, 0.1) is 11.0 Å². The molecule has 0 atom stereocenters. The molecule has 0 aliphatic carbocycles. The van der Waals surface area contributed by atoms with Crippen molar-refractivity contribution in [3.63, 3.8) is 0 Å². The highest BCUT2D eigenvalue weighted by Gasteiger charge is 2.11. The lowest BCUT2D eigenvalue weighted by molar-refractivity contribution is 0.820.